The first kappa shape index (κ1) is 7.97. The average Bonchev–Trinajstić information content (AvgIpc) is 1.82. The molecule has 0 rings (SSSR count). The maximum absolute atomic E-state index is 9.97. The predicted molar refractivity (Wildman–Crippen MR) is 31.9 cm³/mol. The Kier molecular flexibility index (Phi) is 3.46. The summed E-state index contributed by atoms with van der Waals surface area (Å²) < 4.78 is 0. The van der Waals surface area contributed by atoms with Crippen LogP contribution in [0, 0.1) is 0 Å². The molecule has 0 heterocycles. The van der Waals surface area contributed by atoms with E-state index in [4.69, 9.17) is 5.11 Å². The molecule has 0 atom stereocenters. The molecule has 0 radical (unpaired) electrons. The third-order valence-electron chi connectivity index (χ3n) is 0.655. The summed E-state index contributed by atoms with van der Waals surface area (Å²) in [7, 11) is 1.31. The van der Waals surface area contributed by atoms with Gasteiger partial charge in [0.05, 0.1) is 6.61 Å². The van der Waals surface area contributed by atoms with Crippen molar-refractivity contribution >= 4 is 6.09 Å². The fraction of sp³-hybridized carbons (Fsp3) is 0.400. The minimum Gasteiger partial charge on any atom is -0.463 e. The molecule has 0 bridgehead atoms. The van der Waals surface area contributed by atoms with E-state index in [1.165, 1.54) is 13.1 Å². The Morgan fingerprint density at radius 3 is 2.89 bits per heavy atom. The van der Waals surface area contributed by atoms with Crippen molar-refractivity contribution in [2.45, 2.75) is 0 Å². The van der Waals surface area contributed by atoms with Crippen molar-refractivity contribution in [3.63, 3.8) is 0 Å². The van der Waals surface area contributed by atoms with Crippen LogP contribution >= 0.6 is 0 Å². The van der Waals surface area contributed by atoms with E-state index in [1.807, 2.05) is 0 Å². The molecule has 0 aliphatic carbocycles. The molecule has 0 aromatic rings. The second kappa shape index (κ2) is 3.91. The highest BCUT2D eigenvalue weighted by molar-refractivity contribution is 5.62. The van der Waals surface area contributed by atoms with Gasteiger partial charge in [0.2, 0.25) is 0 Å². The molecule has 4 heteroatoms. The third-order valence-corrected chi connectivity index (χ3v) is 0.655. The molecule has 52 valence electrons. The molecular formula is C5H9NO3. The topological polar surface area (TPSA) is 49.8 Å². The fourth-order valence-electron chi connectivity index (χ4n) is 0.220. The van der Waals surface area contributed by atoms with E-state index in [2.05, 4.69) is 11.4 Å². The molecule has 0 aliphatic heterocycles. The highest BCUT2D eigenvalue weighted by Gasteiger charge is 2.02. The molecule has 0 aliphatic rings. The summed E-state index contributed by atoms with van der Waals surface area (Å²) in [5, 5.41) is 8.90. The van der Waals surface area contributed by atoms with Crippen molar-refractivity contribution in [3.8, 4) is 0 Å². The predicted octanol–water partition coefficient (Wildman–Crippen LogP) is 0.714. The van der Waals surface area contributed by atoms with Crippen LogP contribution in [0.1, 0.15) is 0 Å². The molecule has 0 saturated heterocycles. The molecule has 0 spiro atoms. The number of hydrogen-bond donors (Lipinski definition) is 1. The lowest BCUT2D eigenvalue weighted by molar-refractivity contribution is -0.0999. The third kappa shape index (κ3) is 3.54. The molecule has 0 aromatic carbocycles. The van der Waals surface area contributed by atoms with Crippen molar-refractivity contribution in [2.75, 3.05) is 13.7 Å². The number of nitrogens with zero attached hydrogens (tertiary/aromatic N) is 1. The van der Waals surface area contributed by atoms with E-state index in [1.54, 1.807) is 0 Å². The quantitative estimate of drug-likeness (QED) is 0.453. The highest BCUT2D eigenvalue weighted by Crippen LogP contribution is 1.84. The highest BCUT2D eigenvalue weighted by atomic mass is 16.7. The first-order valence-corrected chi connectivity index (χ1v) is 2.39. The number of carboxylic acid groups (broad SMARTS) is 1. The normalized spacial score (nSPS) is 8.56. The fourth-order valence-corrected chi connectivity index (χ4v) is 0.220. The lowest BCUT2D eigenvalue weighted by Crippen LogP contribution is -2.24. The number of rotatable bonds is 3. The Morgan fingerprint density at radius 2 is 2.56 bits per heavy atom. The van der Waals surface area contributed by atoms with Gasteiger partial charge >= 0.3 is 6.09 Å². The molecule has 0 saturated carbocycles. The van der Waals surface area contributed by atoms with Gasteiger partial charge < -0.3 is 5.11 Å². The Labute approximate surface area is 53.3 Å². The maximum atomic E-state index is 9.97. The lowest BCUT2D eigenvalue weighted by atomic mass is 10.7. The van der Waals surface area contributed by atoms with E-state index in [9.17, 15) is 4.79 Å². The monoisotopic (exact) mass is 131 g/mol. The summed E-state index contributed by atoms with van der Waals surface area (Å²) in [6, 6.07) is 0. The summed E-state index contributed by atoms with van der Waals surface area (Å²) in [5.74, 6) is 0. The summed E-state index contributed by atoms with van der Waals surface area (Å²) in [5.41, 5.74) is 0. The Hall–Kier alpha value is -1.03. The number of hydrogen-bond acceptors (Lipinski definition) is 2. The summed E-state index contributed by atoms with van der Waals surface area (Å²) >= 11 is 0. The van der Waals surface area contributed by atoms with Gasteiger partial charge in [0.15, 0.2) is 0 Å². The van der Waals surface area contributed by atoms with Gasteiger partial charge in [0.25, 0.3) is 0 Å². The van der Waals surface area contributed by atoms with Crippen molar-refractivity contribution < 1.29 is 14.7 Å². The van der Waals surface area contributed by atoms with Gasteiger partial charge in [-0.05, 0) is 0 Å². The molecule has 0 fully saturated rings. The van der Waals surface area contributed by atoms with Crippen LogP contribution in [-0.2, 0) is 4.84 Å². The summed E-state index contributed by atoms with van der Waals surface area (Å²) in [6.07, 6.45) is 0.358. The molecular weight excluding hydrogens is 122 g/mol. The van der Waals surface area contributed by atoms with E-state index >= 15 is 0 Å². The second-order valence-electron chi connectivity index (χ2n) is 1.36. The zero-order valence-corrected chi connectivity index (χ0v) is 5.20. The van der Waals surface area contributed by atoms with Gasteiger partial charge in [-0.1, -0.05) is 6.08 Å². The van der Waals surface area contributed by atoms with Crippen molar-refractivity contribution in [1.29, 1.82) is 0 Å². The van der Waals surface area contributed by atoms with Crippen LogP contribution in [-0.4, -0.2) is 29.9 Å². The number of amides is 1. The molecule has 1 amide bonds. The number of hydroxylamine groups is 2. The molecule has 9 heavy (non-hydrogen) atoms. The van der Waals surface area contributed by atoms with E-state index < -0.39 is 6.09 Å². The Morgan fingerprint density at radius 1 is 2.00 bits per heavy atom. The standard InChI is InChI=1S/C5H9NO3/c1-3-4-9-6(2)5(7)8/h3H,1,4H2,2H3,(H,7,8). The van der Waals surface area contributed by atoms with E-state index in [0.717, 1.165) is 5.06 Å². The van der Waals surface area contributed by atoms with Crippen LogP contribution in [0.5, 0.6) is 0 Å². The van der Waals surface area contributed by atoms with Crippen LogP contribution in [0.15, 0.2) is 12.7 Å². The minimum absolute atomic E-state index is 0.211. The van der Waals surface area contributed by atoms with Crippen LogP contribution in [0.3, 0.4) is 0 Å². The van der Waals surface area contributed by atoms with Gasteiger partial charge in [0.1, 0.15) is 0 Å². The van der Waals surface area contributed by atoms with Gasteiger partial charge in [-0.3, -0.25) is 4.84 Å². The molecule has 0 aromatic heterocycles. The average molecular weight is 131 g/mol. The van der Waals surface area contributed by atoms with E-state index in [-0.39, 0.29) is 6.61 Å². The van der Waals surface area contributed by atoms with Crippen molar-refractivity contribution in [1.82, 2.24) is 5.06 Å². The van der Waals surface area contributed by atoms with E-state index in [0.29, 0.717) is 0 Å². The largest absolute Gasteiger partial charge is 0.463 e. The van der Waals surface area contributed by atoms with Gasteiger partial charge in [0, 0.05) is 7.05 Å². The zero-order valence-electron chi connectivity index (χ0n) is 5.20. The van der Waals surface area contributed by atoms with Crippen LogP contribution < -0.4 is 0 Å². The van der Waals surface area contributed by atoms with Crippen molar-refractivity contribution in [2.24, 2.45) is 0 Å². The number of carbonyl (C=O) groups is 1. The second-order valence-corrected chi connectivity index (χ2v) is 1.36. The molecule has 4 nitrogen and oxygen atoms in total. The molecule has 0 unspecified atom stereocenters. The SMILES string of the molecule is C=CCON(C)C(=O)O. The van der Waals surface area contributed by atoms with Crippen molar-refractivity contribution in [3.05, 3.63) is 12.7 Å². The summed E-state index contributed by atoms with van der Waals surface area (Å²) in [4.78, 5) is 14.5. The smallest absolute Gasteiger partial charge is 0.431 e. The first-order valence-electron chi connectivity index (χ1n) is 2.39. The van der Waals surface area contributed by atoms with Gasteiger partial charge in [-0.2, -0.15) is 5.06 Å². The maximum Gasteiger partial charge on any atom is 0.431 e. The minimum atomic E-state index is -1.11. The Bertz CT molecular complexity index is 113. The molecule has 1 N–H and O–H groups in total. The summed E-state index contributed by atoms with van der Waals surface area (Å²) in [6.45, 7) is 3.56. The van der Waals surface area contributed by atoms with Gasteiger partial charge in [-0.25, -0.2) is 4.79 Å². The zero-order chi connectivity index (χ0) is 7.28. The lowest BCUT2D eigenvalue weighted by Gasteiger charge is -2.09. The van der Waals surface area contributed by atoms with Crippen LogP contribution in [0.4, 0.5) is 4.79 Å². The Balaban J connectivity index is 3.37. The first-order chi connectivity index (χ1) is 4.18. The van der Waals surface area contributed by atoms with Crippen LogP contribution in [0.25, 0.3) is 0 Å². The van der Waals surface area contributed by atoms with Crippen LogP contribution in [0.2, 0.25) is 0 Å². The van der Waals surface area contributed by atoms with Gasteiger partial charge in [-0.15, -0.1) is 6.58 Å².